The van der Waals surface area contributed by atoms with Crippen molar-refractivity contribution in [1.82, 2.24) is 0 Å². The lowest BCUT2D eigenvalue weighted by atomic mass is 10.2. The number of rotatable bonds is 3. The van der Waals surface area contributed by atoms with Crippen LogP contribution in [0.2, 0.25) is 0 Å². The number of carbonyl (C=O) groups excluding carboxylic acids is 1. The predicted octanol–water partition coefficient (Wildman–Crippen LogP) is 2.29. The largest absolute Gasteiger partial charge is 0.484 e. The van der Waals surface area contributed by atoms with Crippen molar-refractivity contribution in [1.29, 1.82) is 5.26 Å². The van der Waals surface area contributed by atoms with Crippen molar-refractivity contribution >= 4 is 21.7 Å². The van der Waals surface area contributed by atoms with E-state index in [1.807, 2.05) is 6.07 Å². The maximum absolute atomic E-state index is 10.7. The van der Waals surface area contributed by atoms with Crippen molar-refractivity contribution < 1.29 is 9.53 Å². The van der Waals surface area contributed by atoms with Crippen LogP contribution in [-0.4, -0.2) is 12.4 Å². The number of nitrogens with zero attached hydrogens (tertiary/aromatic N) is 1. The van der Waals surface area contributed by atoms with Gasteiger partial charge in [0.05, 0.1) is 5.56 Å². The number of ketones is 1. The second-order valence-corrected chi connectivity index (χ2v) is 3.66. The van der Waals surface area contributed by atoms with Crippen LogP contribution in [0, 0.1) is 11.3 Å². The highest BCUT2D eigenvalue weighted by atomic mass is 79.9. The van der Waals surface area contributed by atoms with Crippen molar-refractivity contribution in [3.05, 3.63) is 28.2 Å². The molecule has 1 aromatic carbocycles. The van der Waals surface area contributed by atoms with E-state index in [4.69, 9.17) is 10.00 Å². The average Bonchev–Trinajstić information content (AvgIpc) is 2.15. The molecule has 0 aliphatic heterocycles. The van der Waals surface area contributed by atoms with E-state index in [0.29, 0.717) is 11.3 Å². The maximum atomic E-state index is 10.7. The molecule has 0 aliphatic rings. The first kappa shape index (κ1) is 10.7. The fraction of sp³-hybridized carbons (Fsp3) is 0.200. The van der Waals surface area contributed by atoms with Gasteiger partial charge in [-0.05, 0) is 25.1 Å². The van der Waals surface area contributed by atoms with Gasteiger partial charge in [-0.3, -0.25) is 4.79 Å². The number of hydrogen-bond acceptors (Lipinski definition) is 3. The van der Waals surface area contributed by atoms with Gasteiger partial charge < -0.3 is 4.74 Å². The molecule has 0 amide bonds. The molecule has 1 aromatic rings. The van der Waals surface area contributed by atoms with E-state index in [1.165, 1.54) is 6.92 Å². The smallest absolute Gasteiger partial charge is 0.167 e. The number of Topliss-reactive ketones (excluding diaryl/α,β-unsaturated/α-hetero) is 1. The minimum absolute atomic E-state index is 0.00366. The fourth-order valence-electron chi connectivity index (χ4n) is 0.895. The lowest BCUT2D eigenvalue weighted by Gasteiger charge is -2.05. The van der Waals surface area contributed by atoms with Gasteiger partial charge in [0.1, 0.15) is 18.4 Å². The van der Waals surface area contributed by atoms with Crippen molar-refractivity contribution in [3.8, 4) is 11.8 Å². The van der Waals surface area contributed by atoms with Gasteiger partial charge in [0, 0.05) is 4.47 Å². The number of carbonyl (C=O) groups is 1. The first-order valence-electron chi connectivity index (χ1n) is 3.95. The summed E-state index contributed by atoms with van der Waals surface area (Å²) < 4.78 is 5.96. The Morgan fingerprint density at radius 3 is 2.93 bits per heavy atom. The molecule has 1 rings (SSSR count). The Balaban J connectivity index is 2.87. The molecule has 0 heterocycles. The molecular formula is C10H8BrNO2. The fourth-order valence-corrected chi connectivity index (χ4v) is 1.26. The molecular weight excluding hydrogens is 246 g/mol. The minimum atomic E-state index is -0.0724. The Labute approximate surface area is 90.4 Å². The zero-order chi connectivity index (χ0) is 10.6. The van der Waals surface area contributed by atoms with Crippen molar-refractivity contribution in [2.45, 2.75) is 6.92 Å². The van der Waals surface area contributed by atoms with Gasteiger partial charge in [0.15, 0.2) is 5.78 Å². The monoisotopic (exact) mass is 253 g/mol. The van der Waals surface area contributed by atoms with Crippen LogP contribution in [0.5, 0.6) is 5.75 Å². The molecule has 0 aliphatic carbocycles. The van der Waals surface area contributed by atoms with Crippen LogP contribution in [0.15, 0.2) is 22.7 Å². The number of hydrogen-bond donors (Lipinski definition) is 0. The summed E-state index contributed by atoms with van der Waals surface area (Å²) >= 11 is 3.24. The molecule has 0 radical (unpaired) electrons. The molecule has 0 unspecified atom stereocenters. The van der Waals surface area contributed by atoms with E-state index in [2.05, 4.69) is 15.9 Å². The molecule has 72 valence electrons. The summed E-state index contributed by atoms with van der Waals surface area (Å²) in [6.07, 6.45) is 0. The first-order chi connectivity index (χ1) is 6.63. The standard InChI is InChI=1S/C10H8BrNO2/c1-7(13)6-14-10-3-2-9(11)4-8(10)5-12/h2-4H,6H2,1H3. The normalized spacial score (nSPS) is 9.21. The Morgan fingerprint density at radius 2 is 2.36 bits per heavy atom. The van der Waals surface area contributed by atoms with E-state index in [1.54, 1.807) is 18.2 Å². The molecule has 4 heteroatoms. The Bertz CT molecular complexity index is 396. The van der Waals surface area contributed by atoms with E-state index < -0.39 is 0 Å². The highest BCUT2D eigenvalue weighted by Gasteiger charge is 2.04. The van der Waals surface area contributed by atoms with Crippen LogP contribution < -0.4 is 4.74 Å². The molecule has 0 spiro atoms. The number of benzene rings is 1. The highest BCUT2D eigenvalue weighted by Crippen LogP contribution is 2.22. The van der Waals surface area contributed by atoms with Gasteiger partial charge >= 0.3 is 0 Å². The van der Waals surface area contributed by atoms with Gasteiger partial charge in [0.25, 0.3) is 0 Å². The number of nitriles is 1. The van der Waals surface area contributed by atoms with Crippen LogP contribution >= 0.6 is 15.9 Å². The van der Waals surface area contributed by atoms with Gasteiger partial charge in [0.2, 0.25) is 0 Å². The maximum Gasteiger partial charge on any atom is 0.167 e. The molecule has 0 atom stereocenters. The first-order valence-corrected chi connectivity index (χ1v) is 4.74. The van der Waals surface area contributed by atoms with Gasteiger partial charge in [-0.25, -0.2) is 0 Å². The van der Waals surface area contributed by atoms with E-state index >= 15 is 0 Å². The Hall–Kier alpha value is -1.34. The average molecular weight is 254 g/mol. The molecule has 14 heavy (non-hydrogen) atoms. The summed E-state index contributed by atoms with van der Waals surface area (Å²) in [5.74, 6) is 0.364. The van der Waals surface area contributed by atoms with Crippen molar-refractivity contribution in [3.63, 3.8) is 0 Å². The minimum Gasteiger partial charge on any atom is -0.484 e. The Morgan fingerprint density at radius 1 is 1.64 bits per heavy atom. The SMILES string of the molecule is CC(=O)COc1ccc(Br)cc1C#N. The summed E-state index contributed by atoms with van der Waals surface area (Å²) in [7, 11) is 0. The molecule has 0 saturated carbocycles. The molecule has 0 fully saturated rings. The number of ether oxygens (including phenoxy) is 1. The number of halogens is 1. The molecule has 0 saturated heterocycles. The summed E-state index contributed by atoms with van der Waals surface area (Å²) in [5.41, 5.74) is 0.417. The molecule has 3 nitrogen and oxygen atoms in total. The van der Waals surface area contributed by atoms with E-state index in [0.717, 1.165) is 4.47 Å². The zero-order valence-electron chi connectivity index (χ0n) is 7.58. The van der Waals surface area contributed by atoms with Gasteiger partial charge in [-0.1, -0.05) is 15.9 Å². The van der Waals surface area contributed by atoms with Crippen LogP contribution in [0.4, 0.5) is 0 Å². The summed E-state index contributed by atoms with van der Waals surface area (Å²) in [6, 6.07) is 7.06. The van der Waals surface area contributed by atoms with E-state index in [-0.39, 0.29) is 12.4 Å². The predicted molar refractivity (Wildman–Crippen MR) is 55.0 cm³/mol. The van der Waals surface area contributed by atoms with Crippen LogP contribution in [0.3, 0.4) is 0 Å². The van der Waals surface area contributed by atoms with E-state index in [9.17, 15) is 4.79 Å². The third-order valence-corrected chi connectivity index (χ3v) is 1.99. The van der Waals surface area contributed by atoms with Crippen LogP contribution in [-0.2, 0) is 4.79 Å². The third-order valence-electron chi connectivity index (χ3n) is 1.49. The summed E-state index contributed by atoms with van der Waals surface area (Å²) in [5, 5.41) is 8.77. The molecule has 0 aromatic heterocycles. The summed E-state index contributed by atoms with van der Waals surface area (Å²) in [4.78, 5) is 10.7. The zero-order valence-corrected chi connectivity index (χ0v) is 9.17. The second kappa shape index (κ2) is 4.77. The second-order valence-electron chi connectivity index (χ2n) is 2.74. The summed E-state index contributed by atoms with van der Waals surface area (Å²) in [6.45, 7) is 1.43. The highest BCUT2D eigenvalue weighted by molar-refractivity contribution is 9.10. The third kappa shape index (κ3) is 2.86. The lowest BCUT2D eigenvalue weighted by molar-refractivity contribution is -0.118. The van der Waals surface area contributed by atoms with Gasteiger partial charge in [-0.2, -0.15) is 5.26 Å². The lowest BCUT2D eigenvalue weighted by Crippen LogP contribution is -2.07. The van der Waals surface area contributed by atoms with Crippen molar-refractivity contribution in [2.75, 3.05) is 6.61 Å². The van der Waals surface area contributed by atoms with Gasteiger partial charge in [-0.15, -0.1) is 0 Å². The van der Waals surface area contributed by atoms with Crippen LogP contribution in [0.1, 0.15) is 12.5 Å². The Kier molecular flexibility index (Phi) is 3.66. The van der Waals surface area contributed by atoms with Crippen LogP contribution in [0.25, 0.3) is 0 Å². The van der Waals surface area contributed by atoms with Crippen molar-refractivity contribution in [2.24, 2.45) is 0 Å². The molecule has 0 N–H and O–H groups in total. The molecule has 0 bridgehead atoms. The quantitative estimate of drug-likeness (QED) is 0.831. The topological polar surface area (TPSA) is 50.1 Å².